The van der Waals surface area contributed by atoms with Gasteiger partial charge in [-0.05, 0) is 63.1 Å². The molecule has 0 spiro atoms. The van der Waals surface area contributed by atoms with Crippen molar-refractivity contribution in [1.82, 2.24) is 24.6 Å². The van der Waals surface area contributed by atoms with Gasteiger partial charge in [-0.15, -0.1) is 0 Å². The third-order valence-corrected chi connectivity index (χ3v) is 8.34. The second kappa shape index (κ2) is 12.7. The number of likely N-dealkylation sites (tertiary alicyclic amines) is 1. The first kappa shape index (κ1) is 29.2. The van der Waals surface area contributed by atoms with Gasteiger partial charge in [0, 0.05) is 35.3 Å². The Balaban J connectivity index is 1.45. The van der Waals surface area contributed by atoms with Crippen LogP contribution in [0.4, 0.5) is 0 Å². The number of aryl methyl sites for hydroxylation is 2. The highest BCUT2D eigenvalue weighted by molar-refractivity contribution is 5.80. The van der Waals surface area contributed by atoms with Crippen molar-refractivity contribution in [2.24, 2.45) is 0 Å². The van der Waals surface area contributed by atoms with E-state index in [1.165, 1.54) is 0 Å². The molecule has 9 heteroatoms. The third kappa shape index (κ3) is 6.15. The van der Waals surface area contributed by atoms with Gasteiger partial charge in [0.05, 0.1) is 13.0 Å². The normalized spacial score (nSPS) is 17.0. The van der Waals surface area contributed by atoms with Crippen molar-refractivity contribution in [2.45, 2.75) is 91.3 Å². The van der Waals surface area contributed by atoms with Crippen molar-refractivity contribution in [2.75, 3.05) is 0 Å². The Bertz CT molecular complexity index is 1660. The summed E-state index contributed by atoms with van der Waals surface area (Å²) >= 11 is 0. The van der Waals surface area contributed by atoms with Crippen molar-refractivity contribution in [1.29, 1.82) is 0 Å². The molecule has 42 heavy (non-hydrogen) atoms. The van der Waals surface area contributed by atoms with Crippen LogP contribution in [-0.4, -0.2) is 42.6 Å². The number of hydrogen-bond donors (Lipinski definition) is 1. The first-order valence-corrected chi connectivity index (χ1v) is 14.9. The number of hydrogen-bond acceptors (Lipinski definition) is 6. The van der Waals surface area contributed by atoms with Crippen LogP contribution in [-0.2, 0) is 24.2 Å². The predicted molar refractivity (Wildman–Crippen MR) is 162 cm³/mol. The molecular weight excluding hydrogens is 530 g/mol. The van der Waals surface area contributed by atoms with Gasteiger partial charge >= 0.3 is 5.76 Å². The summed E-state index contributed by atoms with van der Waals surface area (Å²) in [7, 11) is 0. The van der Waals surface area contributed by atoms with Crippen LogP contribution in [0.15, 0.2) is 62.6 Å². The van der Waals surface area contributed by atoms with E-state index in [1.807, 2.05) is 60.4 Å². The summed E-state index contributed by atoms with van der Waals surface area (Å²) in [5.41, 5.74) is 4.53. The third-order valence-electron chi connectivity index (χ3n) is 8.34. The van der Waals surface area contributed by atoms with E-state index in [9.17, 15) is 14.4 Å². The van der Waals surface area contributed by atoms with E-state index < -0.39 is 5.76 Å². The minimum absolute atomic E-state index is 0.000957. The van der Waals surface area contributed by atoms with Gasteiger partial charge in [0.25, 0.3) is 5.56 Å². The topological polar surface area (TPSA) is 114 Å². The van der Waals surface area contributed by atoms with Crippen LogP contribution in [0.2, 0.25) is 0 Å². The van der Waals surface area contributed by atoms with Gasteiger partial charge in [0.2, 0.25) is 5.91 Å². The van der Waals surface area contributed by atoms with E-state index in [2.05, 4.69) is 30.9 Å². The van der Waals surface area contributed by atoms with Crippen molar-refractivity contribution in [3.8, 4) is 22.5 Å². The second-order valence-electron chi connectivity index (χ2n) is 11.4. The molecule has 1 amide bonds. The first-order chi connectivity index (χ1) is 20.3. The number of amides is 1. The molecule has 0 saturated carbocycles. The van der Waals surface area contributed by atoms with Crippen LogP contribution in [0.25, 0.3) is 22.5 Å². The highest BCUT2D eigenvalue weighted by atomic mass is 16.5. The maximum atomic E-state index is 14.0. The molecule has 0 unspecified atom stereocenters. The summed E-state index contributed by atoms with van der Waals surface area (Å²) in [6, 6.07) is 16.0. The van der Waals surface area contributed by atoms with Gasteiger partial charge in [-0.25, -0.2) is 9.78 Å². The van der Waals surface area contributed by atoms with Gasteiger partial charge in [-0.1, -0.05) is 67.0 Å². The number of aromatic amines is 1. The van der Waals surface area contributed by atoms with E-state index in [0.717, 1.165) is 60.2 Å². The summed E-state index contributed by atoms with van der Waals surface area (Å²) in [4.78, 5) is 48.4. The largest absolute Gasteiger partial charge is 0.439 e. The Morgan fingerprint density at radius 2 is 1.71 bits per heavy atom. The number of nitrogens with zero attached hydrogens (tertiary/aromatic N) is 4. The van der Waals surface area contributed by atoms with E-state index in [1.54, 1.807) is 4.57 Å². The molecule has 9 nitrogen and oxygen atoms in total. The fourth-order valence-electron chi connectivity index (χ4n) is 6.06. The van der Waals surface area contributed by atoms with E-state index in [-0.39, 0.29) is 30.0 Å². The molecule has 0 aliphatic carbocycles. The number of rotatable bonds is 9. The number of carbonyl (C=O) groups is 1. The number of H-pyrrole nitrogens is 1. The lowest BCUT2D eigenvalue weighted by Gasteiger charge is -2.39. The van der Waals surface area contributed by atoms with Crippen LogP contribution >= 0.6 is 0 Å². The van der Waals surface area contributed by atoms with Crippen LogP contribution < -0.4 is 11.3 Å². The quantitative estimate of drug-likeness (QED) is 0.293. The van der Waals surface area contributed by atoms with Gasteiger partial charge in [0.1, 0.15) is 5.82 Å². The van der Waals surface area contributed by atoms with E-state index in [0.29, 0.717) is 30.0 Å². The number of piperidine rings is 1. The Labute approximate surface area is 245 Å². The minimum atomic E-state index is -0.604. The van der Waals surface area contributed by atoms with Gasteiger partial charge in [-0.2, -0.15) is 0 Å². The molecule has 1 aliphatic rings. The summed E-state index contributed by atoms with van der Waals surface area (Å²) in [6.07, 6.45) is 5.78. The Morgan fingerprint density at radius 1 is 1.02 bits per heavy atom. The maximum absolute atomic E-state index is 14.0. The number of nitrogens with one attached hydrogen (secondary N) is 1. The van der Waals surface area contributed by atoms with Crippen LogP contribution in [0.1, 0.15) is 75.5 Å². The smallest absolute Gasteiger partial charge is 0.337 e. The molecule has 220 valence electrons. The molecule has 4 aromatic rings. The summed E-state index contributed by atoms with van der Waals surface area (Å²) in [6.45, 7) is 8.52. The second-order valence-corrected chi connectivity index (χ2v) is 11.4. The highest BCUT2D eigenvalue weighted by Gasteiger charge is 2.30. The Morgan fingerprint density at radius 3 is 2.36 bits per heavy atom. The zero-order valence-electron chi connectivity index (χ0n) is 24.9. The standard InChI is InChI=1S/C33H39N5O4/c1-5-6-14-29-34-23(4)28(19-30(39)38-21(2)10-9-11-22(38)3)32(40)37(29)20-24-15-17-25(18-16-24)26-12-7-8-13-27(26)31-35-33(41)42-36-31/h7-8,12-13,15-18,21-22H,5-6,9-11,14,19-20H2,1-4H3,(H,35,36,41)/t21-,22+. The molecule has 0 bridgehead atoms. The van der Waals surface area contributed by atoms with E-state index >= 15 is 0 Å². The zero-order chi connectivity index (χ0) is 29.8. The lowest BCUT2D eigenvalue weighted by Crippen LogP contribution is -2.48. The van der Waals surface area contributed by atoms with Gasteiger partial charge in [0.15, 0.2) is 5.82 Å². The van der Waals surface area contributed by atoms with E-state index in [4.69, 9.17) is 9.51 Å². The average molecular weight is 570 g/mol. The summed E-state index contributed by atoms with van der Waals surface area (Å²) < 4.78 is 6.46. The monoisotopic (exact) mass is 569 g/mol. The molecule has 5 rings (SSSR count). The molecule has 1 N–H and O–H groups in total. The van der Waals surface area contributed by atoms with Gasteiger partial charge in [-0.3, -0.25) is 23.7 Å². The SMILES string of the molecule is CCCCc1nc(C)c(CC(=O)N2[C@H](C)CCC[C@@H]2C)c(=O)n1Cc1ccc(-c2ccccc2-c2noc(=O)[nH]2)cc1. The minimum Gasteiger partial charge on any atom is -0.337 e. The summed E-state index contributed by atoms with van der Waals surface area (Å²) in [5.74, 6) is 0.515. The van der Waals surface area contributed by atoms with Crippen LogP contribution in [0.3, 0.4) is 0 Å². The molecule has 3 heterocycles. The number of unbranched alkanes of at least 4 members (excludes halogenated alkanes) is 1. The summed E-state index contributed by atoms with van der Waals surface area (Å²) in [5, 5.41) is 3.85. The molecule has 1 fully saturated rings. The molecule has 1 aliphatic heterocycles. The van der Waals surface area contributed by atoms with Crippen LogP contribution in [0.5, 0.6) is 0 Å². The molecule has 2 atom stereocenters. The maximum Gasteiger partial charge on any atom is 0.439 e. The van der Waals surface area contributed by atoms with Crippen molar-refractivity contribution < 1.29 is 9.32 Å². The lowest BCUT2D eigenvalue weighted by atomic mass is 9.96. The van der Waals surface area contributed by atoms with Crippen molar-refractivity contribution >= 4 is 5.91 Å². The predicted octanol–water partition coefficient (Wildman–Crippen LogP) is 5.28. The fraction of sp³-hybridized carbons (Fsp3) is 0.424. The number of carbonyl (C=O) groups excluding carboxylic acids is 1. The van der Waals surface area contributed by atoms with Gasteiger partial charge < -0.3 is 4.90 Å². The van der Waals surface area contributed by atoms with Crippen molar-refractivity contribution in [3.05, 3.63) is 92.1 Å². The Kier molecular flexibility index (Phi) is 8.85. The average Bonchev–Trinajstić information content (AvgIpc) is 3.42. The lowest BCUT2D eigenvalue weighted by molar-refractivity contribution is -0.136. The van der Waals surface area contributed by atoms with Crippen molar-refractivity contribution in [3.63, 3.8) is 0 Å². The molecule has 2 aromatic heterocycles. The molecule has 0 radical (unpaired) electrons. The molecular formula is C33H39N5O4. The number of aromatic nitrogens is 4. The molecule has 2 aromatic carbocycles. The number of benzene rings is 2. The first-order valence-electron chi connectivity index (χ1n) is 14.9. The Hall–Kier alpha value is -4.27. The zero-order valence-corrected chi connectivity index (χ0v) is 24.9. The van der Waals surface area contributed by atoms with Crippen LogP contribution in [0, 0.1) is 6.92 Å². The highest BCUT2D eigenvalue weighted by Crippen LogP contribution is 2.30. The molecule has 1 saturated heterocycles. The fourth-order valence-corrected chi connectivity index (χ4v) is 6.06.